The molecule has 2 bridgehead atoms. The Bertz CT molecular complexity index is 1110. The standard InChI is InChI=1S/C32H45N3O6/c1-5-9-10-20-33(18-6-2)31(39)28-32-17-16-25(41-32)26(27(32)30(38)35(28)21-11-22-36)29(37)34(19-7-3)23-12-14-24(15-13-23)40-8-4/h6-7,12-15,25-28,36H,2-3,5,8-11,16-22H2,1,4H3/t25-,26+,27+,28?,32?/m1/s1. The fourth-order valence-electron chi connectivity index (χ4n) is 6.89. The van der Waals surface area contributed by atoms with Crippen molar-refractivity contribution >= 4 is 23.4 Å². The molecule has 2 unspecified atom stereocenters. The van der Waals surface area contributed by atoms with Crippen LogP contribution in [0.1, 0.15) is 52.4 Å². The van der Waals surface area contributed by atoms with Gasteiger partial charge >= 0.3 is 0 Å². The van der Waals surface area contributed by atoms with Crippen LogP contribution in [0.15, 0.2) is 49.6 Å². The molecule has 3 fully saturated rings. The summed E-state index contributed by atoms with van der Waals surface area (Å²) in [4.78, 5) is 47.6. The Morgan fingerprint density at radius 3 is 2.49 bits per heavy atom. The zero-order valence-electron chi connectivity index (χ0n) is 24.5. The number of hydrogen-bond donors (Lipinski definition) is 1. The number of nitrogens with zero attached hydrogens (tertiary/aromatic N) is 3. The van der Waals surface area contributed by atoms with Crippen LogP contribution in [0.3, 0.4) is 0 Å². The maximum Gasteiger partial charge on any atom is 0.248 e. The first-order valence-electron chi connectivity index (χ1n) is 15.0. The van der Waals surface area contributed by atoms with Crippen LogP contribution in [-0.2, 0) is 19.1 Å². The number of carbonyl (C=O) groups is 3. The van der Waals surface area contributed by atoms with Gasteiger partial charge < -0.3 is 29.3 Å². The fourth-order valence-corrected chi connectivity index (χ4v) is 6.89. The van der Waals surface area contributed by atoms with Crippen LogP contribution < -0.4 is 9.64 Å². The number of anilines is 1. The minimum Gasteiger partial charge on any atom is -0.494 e. The van der Waals surface area contributed by atoms with Gasteiger partial charge in [0.1, 0.15) is 17.4 Å². The molecule has 1 aromatic rings. The number of aliphatic hydroxyl groups excluding tert-OH is 1. The lowest BCUT2D eigenvalue weighted by Gasteiger charge is -2.37. The van der Waals surface area contributed by atoms with Gasteiger partial charge in [-0.1, -0.05) is 31.9 Å². The van der Waals surface area contributed by atoms with E-state index in [1.807, 2.05) is 31.2 Å². The number of hydrogen-bond acceptors (Lipinski definition) is 6. The minimum absolute atomic E-state index is 0.105. The van der Waals surface area contributed by atoms with Crippen molar-refractivity contribution in [2.75, 3.05) is 44.3 Å². The first-order valence-corrected chi connectivity index (χ1v) is 15.0. The maximum atomic E-state index is 14.3. The molecule has 41 heavy (non-hydrogen) atoms. The molecule has 4 rings (SSSR count). The quantitative estimate of drug-likeness (QED) is 0.242. The second kappa shape index (κ2) is 13.7. The van der Waals surface area contributed by atoms with Crippen molar-refractivity contribution in [1.29, 1.82) is 0 Å². The van der Waals surface area contributed by atoms with E-state index < -0.39 is 29.6 Å². The van der Waals surface area contributed by atoms with Crippen LogP contribution in [0.2, 0.25) is 0 Å². The van der Waals surface area contributed by atoms with Gasteiger partial charge in [0, 0.05) is 38.5 Å². The van der Waals surface area contributed by atoms with E-state index in [1.54, 1.807) is 26.9 Å². The zero-order valence-corrected chi connectivity index (χ0v) is 24.5. The number of aliphatic hydroxyl groups is 1. The molecule has 3 aliphatic rings. The molecular weight excluding hydrogens is 522 g/mol. The first-order chi connectivity index (χ1) is 19.9. The molecule has 224 valence electrons. The SMILES string of the molecule is C=CCN(CCCCC)C(=O)C1N(CCCO)C(=O)[C@@H]2[C@@H](C(=O)N(CC=C)c3ccc(OCC)cc3)[C@H]3CCC12O3. The molecule has 1 N–H and O–H groups in total. The van der Waals surface area contributed by atoms with Gasteiger partial charge in [0.2, 0.25) is 17.7 Å². The van der Waals surface area contributed by atoms with Crippen molar-refractivity contribution in [2.45, 2.75) is 70.1 Å². The summed E-state index contributed by atoms with van der Waals surface area (Å²) < 4.78 is 12.2. The predicted molar refractivity (Wildman–Crippen MR) is 157 cm³/mol. The van der Waals surface area contributed by atoms with E-state index in [9.17, 15) is 19.5 Å². The predicted octanol–water partition coefficient (Wildman–Crippen LogP) is 3.57. The van der Waals surface area contributed by atoms with Gasteiger partial charge in [0.15, 0.2) is 0 Å². The monoisotopic (exact) mass is 567 g/mol. The zero-order chi connectivity index (χ0) is 29.6. The summed E-state index contributed by atoms with van der Waals surface area (Å²) in [6.07, 6.45) is 7.26. The molecule has 3 saturated heterocycles. The Morgan fingerprint density at radius 2 is 1.85 bits per heavy atom. The third-order valence-electron chi connectivity index (χ3n) is 8.61. The van der Waals surface area contributed by atoms with Crippen molar-refractivity contribution in [3.8, 4) is 5.75 Å². The largest absolute Gasteiger partial charge is 0.494 e. The highest BCUT2D eigenvalue weighted by molar-refractivity contribution is 6.03. The van der Waals surface area contributed by atoms with Crippen molar-refractivity contribution in [3.05, 3.63) is 49.6 Å². The summed E-state index contributed by atoms with van der Waals surface area (Å²) in [5, 5.41) is 9.60. The highest BCUT2D eigenvalue weighted by Gasteiger charge is 2.74. The van der Waals surface area contributed by atoms with Gasteiger partial charge in [0.05, 0.1) is 24.5 Å². The molecule has 3 amide bonds. The van der Waals surface area contributed by atoms with Crippen LogP contribution in [0, 0.1) is 11.8 Å². The van der Waals surface area contributed by atoms with Crippen LogP contribution >= 0.6 is 0 Å². The van der Waals surface area contributed by atoms with E-state index >= 15 is 0 Å². The van der Waals surface area contributed by atoms with Gasteiger partial charge in [-0.25, -0.2) is 0 Å². The Balaban J connectivity index is 1.68. The topological polar surface area (TPSA) is 99.6 Å². The molecule has 9 nitrogen and oxygen atoms in total. The third-order valence-corrected chi connectivity index (χ3v) is 8.61. The van der Waals surface area contributed by atoms with Crippen molar-refractivity contribution < 1.29 is 29.0 Å². The molecule has 3 aliphatic heterocycles. The normalized spacial score (nSPS) is 26.1. The van der Waals surface area contributed by atoms with Crippen LogP contribution in [0.4, 0.5) is 5.69 Å². The summed E-state index contributed by atoms with van der Waals surface area (Å²) in [6.45, 7) is 13.6. The third kappa shape index (κ3) is 5.79. The van der Waals surface area contributed by atoms with E-state index in [2.05, 4.69) is 20.1 Å². The lowest BCUT2D eigenvalue weighted by molar-refractivity contribution is -0.147. The minimum atomic E-state index is -1.07. The van der Waals surface area contributed by atoms with Gasteiger partial charge in [-0.05, 0) is 56.9 Å². The summed E-state index contributed by atoms with van der Waals surface area (Å²) >= 11 is 0. The second-order valence-corrected chi connectivity index (χ2v) is 11.1. The molecule has 9 heteroatoms. The lowest BCUT2D eigenvalue weighted by atomic mass is 9.70. The molecule has 5 atom stereocenters. The van der Waals surface area contributed by atoms with E-state index in [0.717, 1.165) is 19.3 Å². The van der Waals surface area contributed by atoms with Crippen molar-refractivity contribution in [2.24, 2.45) is 11.8 Å². The number of fused-ring (bicyclic) bond motifs is 1. The average molecular weight is 568 g/mol. The average Bonchev–Trinajstić information content (AvgIpc) is 3.62. The number of amides is 3. The number of rotatable bonds is 16. The number of carbonyl (C=O) groups excluding carboxylic acids is 3. The van der Waals surface area contributed by atoms with E-state index in [4.69, 9.17) is 9.47 Å². The molecule has 1 spiro atoms. The van der Waals surface area contributed by atoms with Crippen molar-refractivity contribution in [1.82, 2.24) is 9.80 Å². The fraction of sp³-hybridized carbons (Fsp3) is 0.594. The molecule has 3 heterocycles. The summed E-state index contributed by atoms with van der Waals surface area (Å²) in [6, 6.07) is 6.46. The lowest BCUT2D eigenvalue weighted by Crippen LogP contribution is -2.56. The maximum absolute atomic E-state index is 14.3. The highest BCUT2D eigenvalue weighted by atomic mass is 16.5. The van der Waals surface area contributed by atoms with E-state index in [0.29, 0.717) is 50.4 Å². The molecule has 0 saturated carbocycles. The Labute approximate surface area is 243 Å². The van der Waals surface area contributed by atoms with Crippen LogP contribution in [0.5, 0.6) is 5.75 Å². The highest BCUT2D eigenvalue weighted by Crippen LogP contribution is 2.59. The van der Waals surface area contributed by atoms with E-state index in [1.165, 1.54) is 0 Å². The number of benzene rings is 1. The van der Waals surface area contributed by atoms with Gasteiger partial charge in [-0.3, -0.25) is 14.4 Å². The molecule has 1 aromatic carbocycles. The van der Waals surface area contributed by atoms with Crippen LogP contribution in [0.25, 0.3) is 0 Å². The first kappa shape index (κ1) is 30.8. The second-order valence-electron chi connectivity index (χ2n) is 11.1. The Morgan fingerprint density at radius 1 is 1.12 bits per heavy atom. The summed E-state index contributed by atoms with van der Waals surface area (Å²) in [5.41, 5.74) is -0.393. The Kier molecular flexibility index (Phi) is 10.3. The van der Waals surface area contributed by atoms with Gasteiger partial charge in [0.25, 0.3) is 0 Å². The van der Waals surface area contributed by atoms with Crippen LogP contribution in [-0.4, -0.2) is 89.8 Å². The van der Waals surface area contributed by atoms with Crippen molar-refractivity contribution in [3.63, 3.8) is 0 Å². The Hall–Kier alpha value is -3.17. The van der Waals surface area contributed by atoms with E-state index in [-0.39, 0.29) is 37.4 Å². The number of likely N-dealkylation sites (tertiary alicyclic amines) is 1. The summed E-state index contributed by atoms with van der Waals surface area (Å²) in [5.74, 6) is -1.39. The van der Waals surface area contributed by atoms with Gasteiger partial charge in [-0.15, -0.1) is 13.2 Å². The molecule has 0 radical (unpaired) electrons. The molecule has 0 aromatic heterocycles. The smallest absolute Gasteiger partial charge is 0.248 e. The molecular formula is C32H45N3O6. The number of ether oxygens (including phenoxy) is 2. The number of unbranched alkanes of at least 4 members (excludes halogenated alkanes) is 2. The summed E-state index contributed by atoms with van der Waals surface area (Å²) in [7, 11) is 0. The molecule has 0 aliphatic carbocycles. The van der Waals surface area contributed by atoms with Gasteiger partial charge in [-0.2, -0.15) is 0 Å².